The second-order valence-electron chi connectivity index (χ2n) is 17.5. The number of amides is 1. The topological polar surface area (TPSA) is 189 Å². The normalized spacial score (nSPS) is 21.7. The van der Waals surface area contributed by atoms with Crippen molar-refractivity contribution in [2.24, 2.45) is 0 Å². The Balaban J connectivity index is 2.46. The monoisotopic (exact) mass is 880 g/mol. The molecule has 1 heterocycles. The SMILES string of the molecule is CCCCCC/C=C\CCCCCCCCC(O)C(=O)NC(COC1OC(CO)C(O)C(O)C1O)C(O)C(O)CCC/C=C/CC/C=C/CC/C=C/CCCCCCCCCC. The molecule has 8 N–H and O–H groups in total. The molecule has 0 aromatic rings. The zero-order chi connectivity index (χ0) is 45.5. The average molecular weight is 880 g/mol. The van der Waals surface area contributed by atoms with Crippen LogP contribution in [0.5, 0.6) is 0 Å². The number of allylic oxidation sites excluding steroid dienone is 8. The number of aliphatic hydroxyl groups is 7. The third-order valence-electron chi connectivity index (χ3n) is 11.8. The van der Waals surface area contributed by atoms with Gasteiger partial charge in [-0.1, -0.05) is 159 Å². The van der Waals surface area contributed by atoms with Gasteiger partial charge in [-0.25, -0.2) is 0 Å². The van der Waals surface area contributed by atoms with E-state index in [1.165, 1.54) is 83.5 Å². The van der Waals surface area contributed by atoms with E-state index in [9.17, 15) is 40.5 Å². The average Bonchev–Trinajstić information content (AvgIpc) is 3.27. The highest BCUT2D eigenvalue weighted by molar-refractivity contribution is 5.80. The van der Waals surface area contributed by atoms with E-state index in [1.807, 2.05) is 0 Å². The van der Waals surface area contributed by atoms with Crippen LogP contribution in [0.2, 0.25) is 0 Å². The number of aliphatic hydroxyl groups excluding tert-OH is 7. The fourth-order valence-electron chi connectivity index (χ4n) is 7.64. The number of ether oxygens (including phenoxy) is 2. The van der Waals surface area contributed by atoms with Crippen LogP contribution < -0.4 is 5.32 Å². The first-order valence-electron chi connectivity index (χ1n) is 25.0. The molecule has 0 spiro atoms. The summed E-state index contributed by atoms with van der Waals surface area (Å²) in [6.07, 6.45) is 37.3. The quantitative estimate of drug-likeness (QED) is 0.0218. The Morgan fingerprint density at radius 3 is 1.45 bits per heavy atom. The maximum absolute atomic E-state index is 13.1. The van der Waals surface area contributed by atoms with Gasteiger partial charge in [-0.3, -0.25) is 4.79 Å². The van der Waals surface area contributed by atoms with Crippen LogP contribution >= 0.6 is 0 Å². The van der Waals surface area contributed by atoms with Gasteiger partial charge in [0.1, 0.15) is 36.6 Å². The molecule has 362 valence electrons. The lowest BCUT2D eigenvalue weighted by molar-refractivity contribution is -0.303. The third-order valence-corrected chi connectivity index (χ3v) is 11.8. The molecule has 11 nitrogen and oxygen atoms in total. The van der Waals surface area contributed by atoms with Gasteiger partial charge in [-0.2, -0.15) is 0 Å². The first kappa shape index (κ1) is 58.1. The van der Waals surface area contributed by atoms with Crippen molar-refractivity contribution in [3.05, 3.63) is 48.6 Å². The standard InChI is InChI=1S/C51H93NO10/c1-3-5-7-9-11-13-15-17-19-20-21-22-23-24-25-27-28-30-32-34-36-38-43(54)46(56)42(41-61-51-49(59)48(58)47(57)45(40-53)62-51)52-50(60)44(55)39-37-35-33-31-29-26-18-16-14-12-10-8-6-4-2/h14,16,20-21,24-25,30,32,42-49,51,53-59H,3-13,15,17-19,22-23,26-29,31,33-41H2,1-2H3,(H,52,60)/b16-14-,21-20+,25-24+,32-30+. The second kappa shape index (κ2) is 40.6. The molecular weight excluding hydrogens is 787 g/mol. The molecule has 9 atom stereocenters. The molecule has 1 amide bonds. The molecule has 0 bridgehead atoms. The van der Waals surface area contributed by atoms with E-state index in [0.717, 1.165) is 70.6 Å². The van der Waals surface area contributed by atoms with E-state index >= 15 is 0 Å². The molecule has 1 fully saturated rings. The molecule has 1 saturated heterocycles. The smallest absolute Gasteiger partial charge is 0.249 e. The minimum absolute atomic E-state index is 0.238. The van der Waals surface area contributed by atoms with Gasteiger partial charge >= 0.3 is 0 Å². The van der Waals surface area contributed by atoms with Crippen LogP contribution in [-0.4, -0.2) is 110 Å². The first-order chi connectivity index (χ1) is 30.2. The lowest BCUT2D eigenvalue weighted by Crippen LogP contribution is -2.60. The number of rotatable bonds is 41. The number of carbonyl (C=O) groups excluding carboxylic acids is 1. The highest BCUT2D eigenvalue weighted by atomic mass is 16.7. The lowest BCUT2D eigenvalue weighted by atomic mass is 9.98. The number of hydrogen-bond donors (Lipinski definition) is 8. The maximum Gasteiger partial charge on any atom is 0.249 e. The fraction of sp³-hybridized carbons (Fsp3) is 0.824. The van der Waals surface area contributed by atoms with Crippen molar-refractivity contribution >= 4 is 5.91 Å². The van der Waals surface area contributed by atoms with E-state index in [4.69, 9.17) is 9.47 Å². The summed E-state index contributed by atoms with van der Waals surface area (Å²) in [6.45, 7) is 3.39. The Kier molecular flexibility index (Phi) is 38.0. The highest BCUT2D eigenvalue weighted by Gasteiger charge is 2.44. The highest BCUT2D eigenvalue weighted by Crippen LogP contribution is 2.23. The van der Waals surface area contributed by atoms with E-state index in [-0.39, 0.29) is 12.8 Å². The molecule has 1 rings (SSSR count). The number of unbranched alkanes of at least 4 members (excludes halogenated alkanes) is 21. The number of nitrogens with one attached hydrogen (secondary N) is 1. The van der Waals surface area contributed by atoms with Crippen LogP contribution in [0, 0.1) is 0 Å². The number of carbonyl (C=O) groups is 1. The largest absolute Gasteiger partial charge is 0.394 e. The van der Waals surface area contributed by atoms with Gasteiger partial charge < -0.3 is 50.5 Å². The van der Waals surface area contributed by atoms with Crippen molar-refractivity contribution in [2.45, 2.75) is 255 Å². The summed E-state index contributed by atoms with van der Waals surface area (Å²) in [4.78, 5) is 13.1. The van der Waals surface area contributed by atoms with Crippen LogP contribution in [0.15, 0.2) is 48.6 Å². The predicted octanol–water partition coefficient (Wildman–Crippen LogP) is 8.95. The molecule has 1 aliphatic rings. The predicted molar refractivity (Wildman–Crippen MR) is 251 cm³/mol. The summed E-state index contributed by atoms with van der Waals surface area (Å²) < 4.78 is 11.1. The lowest BCUT2D eigenvalue weighted by Gasteiger charge is -2.40. The molecule has 62 heavy (non-hydrogen) atoms. The summed E-state index contributed by atoms with van der Waals surface area (Å²) in [5.74, 6) is -0.720. The fourth-order valence-corrected chi connectivity index (χ4v) is 7.64. The van der Waals surface area contributed by atoms with Crippen molar-refractivity contribution < 1.29 is 50.0 Å². The Morgan fingerprint density at radius 1 is 0.548 bits per heavy atom. The third kappa shape index (κ3) is 29.5. The Labute approximate surface area is 377 Å². The molecule has 1 aliphatic heterocycles. The minimum atomic E-state index is -1.67. The zero-order valence-electron chi connectivity index (χ0n) is 39.1. The summed E-state index contributed by atoms with van der Waals surface area (Å²) in [5, 5.41) is 75.7. The van der Waals surface area contributed by atoms with Gasteiger partial charge in [-0.05, 0) is 89.9 Å². The van der Waals surface area contributed by atoms with Crippen molar-refractivity contribution in [1.29, 1.82) is 0 Å². The molecule has 9 unspecified atom stereocenters. The van der Waals surface area contributed by atoms with Gasteiger partial charge in [0.15, 0.2) is 6.29 Å². The van der Waals surface area contributed by atoms with Crippen LogP contribution in [0.4, 0.5) is 0 Å². The minimum Gasteiger partial charge on any atom is -0.394 e. The first-order valence-corrected chi connectivity index (χ1v) is 25.0. The van der Waals surface area contributed by atoms with Crippen LogP contribution in [0.3, 0.4) is 0 Å². The second-order valence-corrected chi connectivity index (χ2v) is 17.5. The van der Waals surface area contributed by atoms with Crippen LogP contribution in [-0.2, 0) is 14.3 Å². The molecule has 0 aliphatic carbocycles. The van der Waals surface area contributed by atoms with E-state index < -0.39 is 74.2 Å². The Bertz CT molecular complexity index is 1150. The van der Waals surface area contributed by atoms with Crippen molar-refractivity contribution in [3.8, 4) is 0 Å². The maximum atomic E-state index is 13.1. The number of hydrogen-bond acceptors (Lipinski definition) is 10. The van der Waals surface area contributed by atoms with Crippen LogP contribution in [0.25, 0.3) is 0 Å². The van der Waals surface area contributed by atoms with Crippen molar-refractivity contribution in [3.63, 3.8) is 0 Å². The zero-order valence-corrected chi connectivity index (χ0v) is 39.1. The van der Waals surface area contributed by atoms with Gasteiger partial charge in [0, 0.05) is 0 Å². The molecule has 0 radical (unpaired) electrons. The molecule has 11 heteroatoms. The Morgan fingerprint density at radius 2 is 0.968 bits per heavy atom. The molecular formula is C51H93NO10. The summed E-state index contributed by atoms with van der Waals surface area (Å²) in [7, 11) is 0. The molecule has 0 saturated carbocycles. The van der Waals surface area contributed by atoms with E-state index in [2.05, 4.69) is 67.8 Å². The summed E-state index contributed by atoms with van der Waals surface area (Å²) >= 11 is 0. The van der Waals surface area contributed by atoms with Crippen LogP contribution in [0.1, 0.15) is 200 Å². The molecule has 0 aromatic carbocycles. The van der Waals surface area contributed by atoms with Gasteiger partial charge in [-0.15, -0.1) is 0 Å². The van der Waals surface area contributed by atoms with Crippen molar-refractivity contribution in [2.75, 3.05) is 13.2 Å². The van der Waals surface area contributed by atoms with Gasteiger partial charge in [0.05, 0.1) is 25.4 Å². The van der Waals surface area contributed by atoms with E-state index in [1.54, 1.807) is 0 Å². The van der Waals surface area contributed by atoms with E-state index in [0.29, 0.717) is 19.3 Å². The van der Waals surface area contributed by atoms with Gasteiger partial charge in [0.25, 0.3) is 0 Å². The summed E-state index contributed by atoms with van der Waals surface area (Å²) in [6, 6.07) is -1.20. The van der Waals surface area contributed by atoms with Gasteiger partial charge in [0.2, 0.25) is 5.91 Å². The molecule has 0 aromatic heterocycles. The van der Waals surface area contributed by atoms with Crippen molar-refractivity contribution in [1.82, 2.24) is 5.32 Å². The Hall–Kier alpha value is -1.93. The summed E-state index contributed by atoms with van der Waals surface area (Å²) in [5.41, 5.74) is 0.